The van der Waals surface area contributed by atoms with Crippen molar-refractivity contribution in [2.24, 2.45) is 0 Å². The van der Waals surface area contributed by atoms with Gasteiger partial charge in [0.1, 0.15) is 4.21 Å². The van der Waals surface area contributed by atoms with Crippen LogP contribution in [0, 0.1) is 0 Å². The standard InChI is InChI=1S/C23H29N3O5S3/c1-33(28,29)24-18-8-9-20-19(13-18)23(10-3-2-4-11-23)15-26(20)22(27)16-12-21(32-14-16)34(30,31)25-17-6-5-7-17/h8-9,12-14,17,24-25H,2-7,10-11,15H2,1H3. The summed E-state index contributed by atoms with van der Waals surface area (Å²) in [4.78, 5) is 15.3. The molecule has 0 bridgehead atoms. The van der Waals surface area contributed by atoms with Crippen LogP contribution >= 0.6 is 11.3 Å². The predicted octanol–water partition coefficient (Wildman–Crippen LogP) is 3.81. The van der Waals surface area contributed by atoms with Crippen molar-refractivity contribution in [1.82, 2.24) is 4.72 Å². The summed E-state index contributed by atoms with van der Waals surface area (Å²) in [5, 5.41) is 1.61. The molecule has 0 atom stereocenters. The van der Waals surface area contributed by atoms with Gasteiger partial charge in [0.05, 0.1) is 11.8 Å². The Morgan fingerprint density at radius 1 is 1.06 bits per heavy atom. The summed E-state index contributed by atoms with van der Waals surface area (Å²) in [6.07, 6.45) is 8.96. The number of carbonyl (C=O) groups is 1. The minimum Gasteiger partial charge on any atom is -0.307 e. The van der Waals surface area contributed by atoms with Crippen LogP contribution in [0.5, 0.6) is 0 Å². The zero-order chi connectivity index (χ0) is 24.1. The molecule has 0 saturated heterocycles. The highest BCUT2D eigenvalue weighted by atomic mass is 32.2. The van der Waals surface area contributed by atoms with Crippen molar-refractivity contribution in [3.05, 3.63) is 40.8 Å². The van der Waals surface area contributed by atoms with E-state index in [1.165, 1.54) is 6.07 Å². The average Bonchev–Trinajstić information content (AvgIpc) is 3.35. The van der Waals surface area contributed by atoms with Crippen molar-refractivity contribution in [2.45, 2.75) is 67.0 Å². The van der Waals surface area contributed by atoms with Crippen LogP contribution in [-0.2, 0) is 25.5 Å². The first-order chi connectivity index (χ1) is 16.1. The molecular formula is C23H29N3O5S3. The number of nitrogens with one attached hydrogen (secondary N) is 2. The number of benzene rings is 1. The van der Waals surface area contributed by atoms with E-state index in [0.717, 1.165) is 80.2 Å². The van der Waals surface area contributed by atoms with Crippen LogP contribution in [0.25, 0.3) is 0 Å². The smallest absolute Gasteiger partial charge is 0.259 e. The Morgan fingerprint density at radius 2 is 1.79 bits per heavy atom. The molecule has 2 heterocycles. The molecule has 1 aromatic carbocycles. The van der Waals surface area contributed by atoms with Gasteiger partial charge in [0.25, 0.3) is 5.91 Å². The number of sulfonamides is 2. The van der Waals surface area contributed by atoms with Crippen molar-refractivity contribution in [3.8, 4) is 0 Å². The highest BCUT2D eigenvalue weighted by molar-refractivity contribution is 7.92. The number of nitrogens with zero attached hydrogens (tertiary/aromatic N) is 1. The molecule has 1 aliphatic heterocycles. The highest BCUT2D eigenvalue weighted by Gasteiger charge is 2.45. The Hall–Kier alpha value is -1.95. The van der Waals surface area contributed by atoms with Crippen molar-refractivity contribution >= 4 is 48.7 Å². The molecule has 0 radical (unpaired) electrons. The molecule has 8 nitrogen and oxygen atoms in total. The fraction of sp³-hybridized carbons (Fsp3) is 0.522. The van der Waals surface area contributed by atoms with Gasteiger partial charge in [0.15, 0.2) is 0 Å². The lowest BCUT2D eigenvalue weighted by Crippen LogP contribution is -2.39. The Kier molecular flexibility index (Phi) is 6.02. The van der Waals surface area contributed by atoms with Gasteiger partial charge in [-0.2, -0.15) is 0 Å². The SMILES string of the molecule is CS(=O)(=O)Nc1ccc2c(c1)C1(CCCCC1)CN2C(=O)c1csc(S(=O)(=O)NC2CCC2)c1. The van der Waals surface area contributed by atoms with Crippen molar-refractivity contribution in [1.29, 1.82) is 0 Å². The second-order valence-corrected chi connectivity index (χ2v) is 14.3. The number of fused-ring (bicyclic) bond motifs is 2. The molecule has 2 N–H and O–H groups in total. The van der Waals surface area contributed by atoms with Crippen LogP contribution in [0.15, 0.2) is 33.9 Å². The van der Waals surface area contributed by atoms with Gasteiger partial charge in [0.2, 0.25) is 20.0 Å². The van der Waals surface area contributed by atoms with E-state index in [9.17, 15) is 21.6 Å². The molecule has 1 aromatic heterocycles. The highest BCUT2D eigenvalue weighted by Crippen LogP contribution is 2.50. The van der Waals surface area contributed by atoms with E-state index in [0.29, 0.717) is 17.8 Å². The van der Waals surface area contributed by atoms with E-state index in [-0.39, 0.29) is 21.6 Å². The summed E-state index contributed by atoms with van der Waals surface area (Å²) < 4.78 is 54.4. The lowest BCUT2D eigenvalue weighted by molar-refractivity contribution is 0.0982. The fourth-order valence-electron chi connectivity index (χ4n) is 5.31. The summed E-state index contributed by atoms with van der Waals surface area (Å²) in [5.41, 5.74) is 2.40. The molecule has 3 aliphatic rings. The van der Waals surface area contributed by atoms with Crippen LogP contribution in [-0.4, -0.2) is 41.6 Å². The van der Waals surface area contributed by atoms with Gasteiger partial charge in [0, 0.05) is 34.8 Å². The van der Waals surface area contributed by atoms with E-state index in [4.69, 9.17) is 0 Å². The number of hydrogen-bond donors (Lipinski definition) is 2. The van der Waals surface area contributed by atoms with Crippen LogP contribution < -0.4 is 14.3 Å². The maximum absolute atomic E-state index is 13.6. The predicted molar refractivity (Wildman–Crippen MR) is 134 cm³/mol. The van der Waals surface area contributed by atoms with Crippen molar-refractivity contribution < 1.29 is 21.6 Å². The number of anilines is 2. The van der Waals surface area contributed by atoms with E-state index >= 15 is 0 Å². The Bertz CT molecular complexity index is 1320. The second-order valence-electron chi connectivity index (χ2n) is 9.74. The van der Waals surface area contributed by atoms with Crippen LogP contribution in [0.3, 0.4) is 0 Å². The first-order valence-corrected chi connectivity index (χ1v) is 15.9. The molecule has 184 valence electrons. The Morgan fingerprint density at radius 3 is 2.44 bits per heavy atom. The topological polar surface area (TPSA) is 113 Å². The monoisotopic (exact) mass is 523 g/mol. The third-order valence-corrected chi connectivity index (χ3v) is 10.8. The van der Waals surface area contributed by atoms with Gasteiger partial charge < -0.3 is 4.90 Å². The van der Waals surface area contributed by atoms with Crippen molar-refractivity contribution in [3.63, 3.8) is 0 Å². The molecule has 2 saturated carbocycles. The van der Waals surface area contributed by atoms with Gasteiger partial charge in [-0.05, 0) is 55.5 Å². The van der Waals surface area contributed by atoms with Gasteiger partial charge in [-0.15, -0.1) is 11.3 Å². The quantitative estimate of drug-likeness (QED) is 0.598. The van der Waals surface area contributed by atoms with E-state index < -0.39 is 20.0 Å². The molecule has 0 unspecified atom stereocenters. The normalized spacial score (nSPS) is 20.2. The number of amides is 1. The molecular weight excluding hydrogens is 494 g/mol. The van der Waals surface area contributed by atoms with Crippen molar-refractivity contribution in [2.75, 3.05) is 22.4 Å². The molecule has 2 fully saturated rings. The first-order valence-electron chi connectivity index (χ1n) is 11.6. The van der Waals surface area contributed by atoms with E-state index in [1.807, 2.05) is 6.07 Å². The Labute approximate surface area is 204 Å². The lowest BCUT2D eigenvalue weighted by Gasteiger charge is -2.34. The molecule has 1 amide bonds. The molecule has 2 aliphatic carbocycles. The molecule has 11 heteroatoms. The van der Waals surface area contributed by atoms with Gasteiger partial charge in [-0.1, -0.05) is 25.7 Å². The maximum atomic E-state index is 13.6. The van der Waals surface area contributed by atoms with Crippen LogP contribution in [0.4, 0.5) is 11.4 Å². The third-order valence-electron chi connectivity index (χ3n) is 7.19. The second kappa shape index (κ2) is 8.61. The lowest BCUT2D eigenvalue weighted by atomic mass is 9.70. The minimum atomic E-state index is -3.63. The fourth-order valence-corrected chi connectivity index (χ4v) is 8.34. The zero-order valence-corrected chi connectivity index (χ0v) is 21.5. The Balaban J connectivity index is 1.46. The van der Waals surface area contributed by atoms with E-state index in [2.05, 4.69) is 9.44 Å². The van der Waals surface area contributed by atoms with E-state index in [1.54, 1.807) is 22.4 Å². The summed E-state index contributed by atoms with van der Waals surface area (Å²) in [6, 6.07) is 6.79. The number of carbonyl (C=O) groups excluding carboxylic acids is 1. The van der Waals surface area contributed by atoms with Crippen LogP contribution in [0.1, 0.15) is 67.3 Å². The minimum absolute atomic E-state index is 0.0161. The summed E-state index contributed by atoms with van der Waals surface area (Å²) in [6.45, 7) is 0.516. The summed E-state index contributed by atoms with van der Waals surface area (Å²) in [7, 11) is -7.05. The molecule has 2 aromatic rings. The van der Waals surface area contributed by atoms with Gasteiger partial charge in [-0.3, -0.25) is 9.52 Å². The number of rotatable bonds is 6. The van der Waals surface area contributed by atoms with Crippen LogP contribution in [0.2, 0.25) is 0 Å². The molecule has 5 rings (SSSR count). The average molecular weight is 524 g/mol. The van der Waals surface area contributed by atoms with Gasteiger partial charge in [-0.25, -0.2) is 21.6 Å². The zero-order valence-electron chi connectivity index (χ0n) is 19.0. The number of hydrogen-bond acceptors (Lipinski definition) is 6. The number of thiophene rings is 1. The maximum Gasteiger partial charge on any atom is 0.259 e. The molecule has 34 heavy (non-hydrogen) atoms. The third kappa shape index (κ3) is 4.50. The van der Waals surface area contributed by atoms with Gasteiger partial charge >= 0.3 is 0 Å². The summed E-state index contributed by atoms with van der Waals surface area (Å²) >= 11 is 1.06. The largest absolute Gasteiger partial charge is 0.307 e. The summed E-state index contributed by atoms with van der Waals surface area (Å²) in [5.74, 6) is -0.228. The first kappa shape index (κ1) is 23.8. The molecule has 1 spiro atoms.